The van der Waals surface area contributed by atoms with Crippen molar-refractivity contribution in [3.63, 3.8) is 0 Å². The summed E-state index contributed by atoms with van der Waals surface area (Å²) in [6, 6.07) is 3.85. The smallest absolute Gasteiger partial charge is 0.258 e. The Labute approximate surface area is 188 Å². The molecule has 1 fully saturated rings. The largest absolute Gasteiger partial charge is 0.490 e. The van der Waals surface area contributed by atoms with E-state index >= 15 is 0 Å². The molecule has 2 N–H and O–H groups in total. The van der Waals surface area contributed by atoms with Gasteiger partial charge in [-0.05, 0) is 64.9 Å². The van der Waals surface area contributed by atoms with Crippen LogP contribution in [-0.2, 0) is 16.1 Å². The molecule has 1 aliphatic heterocycles. The maximum Gasteiger partial charge on any atom is 0.258 e. The third-order valence-electron chi connectivity index (χ3n) is 4.53. The third kappa shape index (κ3) is 9.20. The van der Waals surface area contributed by atoms with Crippen LogP contribution in [0.2, 0.25) is 0 Å². The standard InChI is InChI=1S/C22H36BrN3O4/c1-5-29-19-13-17(15-24-7-6-8-26-9-11-28-12-10-26)18(23)14-20(19)30-16-21(27)25-22(2,3)4/h13-14,24H,5-12,15-16H2,1-4H3,(H,25,27). The van der Waals surface area contributed by atoms with Gasteiger partial charge in [-0.25, -0.2) is 0 Å². The minimum atomic E-state index is -0.291. The molecule has 170 valence electrons. The molecule has 30 heavy (non-hydrogen) atoms. The number of rotatable bonds is 11. The van der Waals surface area contributed by atoms with Crippen molar-refractivity contribution in [2.24, 2.45) is 0 Å². The first-order valence-electron chi connectivity index (χ1n) is 10.7. The normalized spacial score (nSPS) is 15.1. The Morgan fingerprint density at radius 3 is 2.57 bits per heavy atom. The lowest BCUT2D eigenvalue weighted by Gasteiger charge is -2.26. The fourth-order valence-electron chi connectivity index (χ4n) is 3.17. The van der Waals surface area contributed by atoms with Crippen LogP contribution in [0.1, 0.15) is 39.7 Å². The molecular formula is C22H36BrN3O4. The van der Waals surface area contributed by atoms with Gasteiger partial charge in [0.2, 0.25) is 0 Å². The van der Waals surface area contributed by atoms with Gasteiger partial charge in [0.15, 0.2) is 18.1 Å². The fraction of sp³-hybridized carbons (Fsp3) is 0.682. The zero-order chi connectivity index (χ0) is 22.0. The summed E-state index contributed by atoms with van der Waals surface area (Å²) in [6.45, 7) is 14.7. The Morgan fingerprint density at radius 1 is 1.20 bits per heavy atom. The van der Waals surface area contributed by atoms with Crippen LogP contribution in [0.15, 0.2) is 16.6 Å². The molecule has 0 radical (unpaired) electrons. The van der Waals surface area contributed by atoms with Crippen LogP contribution in [0.3, 0.4) is 0 Å². The van der Waals surface area contributed by atoms with E-state index in [-0.39, 0.29) is 18.1 Å². The summed E-state index contributed by atoms with van der Waals surface area (Å²) in [5, 5.41) is 6.39. The molecule has 7 nitrogen and oxygen atoms in total. The quantitative estimate of drug-likeness (QED) is 0.469. The number of nitrogens with one attached hydrogen (secondary N) is 2. The van der Waals surface area contributed by atoms with Crippen LogP contribution >= 0.6 is 15.9 Å². The molecular weight excluding hydrogens is 450 g/mol. The number of benzene rings is 1. The second-order valence-corrected chi connectivity index (χ2v) is 9.25. The van der Waals surface area contributed by atoms with Crippen molar-refractivity contribution < 1.29 is 19.0 Å². The molecule has 0 aromatic heterocycles. The molecule has 0 spiro atoms. The van der Waals surface area contributed by atoms with E-state index in [1.54, 1.807) is 0 Å². The third-order valence-corrected chi connectivity index (χ3v) is 5.27. The van der Waals surface area contributed by atoms with Crippen molar-refractivity contribution in [1.29, 1.82) is 0 Å². The highest BCUT2D eigenvalue weighted by molar-refractivity contribution is 9.10. The molecule has 0 bridgehead atoms. The SMILES string of the molecule is CCOc1cc(CNCCCN2CCOCC2)c(Br)cc1OCC(=O)NC(C)(C)C. The summed E-state index contributed by atoms with van der Waals surface area (Å²) in [4.78, 5) is 14.5. The first kappa shape index (κ1) is 24.9. The maximum absolute atomic E-state index is 12.1. The Hall–Kier alpha value is -1.35. The number of hydrogen-bond donors (Lipinski definition) is 2. The van der Waals surface area contributed by atoms with Crippen molar-refractivity contribution in [1.82, 2.24) is 15.5 Å². The van der Waals surface area contributed by atoms with Gasteiger partial charge in [0.1, 0.15) is 0 Å². The van der Waals surface area contributed by atoms with Gasteiger partial charge < -0.3 is 24.8 Å². The highest BCUT2D eigenvalue weighted by Crippen LogP contribution is 2.34. The van der Waals surface area contributed by atoms with Crippen molar-refractivity contribution in [3.8, 4) is 11.5 Å². The monoisotopic (exact) mass is 485 g/mol. The van der Waals surface area contributed by atoms with E-state index in [9.17, 15) is 4.79 Å². The van der Waals surface area contributed by atoms with Crippen LogP contribution in [0.5, 0.6) is 11.5 Å². The highest BCUT2D eigenvalue weighted by atomic mass is 79.9. The summed E-state index contributed by atoms with van der Waals surface area (Å²) in [6.07, 6.45) is 1.10. The average Bonchev–Trinajstić information content (AvgIpc) is 2.68. The summed E-state index contributed by atoms with van der Waals surface area (Å²) in [5.41, 5.74) is 0.803. The maximum atomic E-state index is 12.1. The van der Waals surface area contributed by atoms with Gasteiger partial charge >= 0.3 is 0 Å². The summed E-state index contributed by atoms with van der Waals surface area (Å²) in [5.74, 6) is 1.05. The van der Waals surface area contributed by atoms with E-state index in [0.717, 1.165) is 62.4 Å². The zero-order valence-corrected chi connectivity index (χ0v) is 20.3. The molecule has 1 aliphatic rings. The molecule has 1 heterocycles. The predicted molar refractivity (Wildman–Crippen MR) is 122 cm³/mol. The van der Waals surface area contributed by atoms with Gasteiger partial charge in [0.25, 0.3) is 5.91 Å². The topological polar surface area (TPSA) is 72.1 Å². The van der Waals surface area contributed by atoms with Crippen molar-refractivity contribution in [2.45, 2.75) is 46.2 Å². The second-order valence-electron chi connectivity index (χ2n) is 8.39. The molecule has 1 amide bonds. The molecule has 1 aromatic carbocycles. The first-order chi connectivity index (χ1) is 14.3. The van der Waals surface area contributed by atoms with Crippen LogP contribution in [0.25, 0.3) is 0 Å². The van der Waals surface area contributed by atoms with Crippen molar-refractivity contribution in [3.05, 3.63) is 22.2 Å². The van der Waals surface area contributed by atoms with Crippen LogP contribution < -0.4 is 20.1 Å². The predicted octanol–water partition coefficient (Wildman–Crippen LogP) is 2.95. The fourth-order valence-corrected chi connectivity index (χ4v) is 3.63. The van der Waals surface area contributed by atoms with Gasteiger partial charge in [0.05, 0.1) is 19.8 Å². The number of nitrogens with zero attached hydrogens (tertiary/aromatic N) is 1. The lowest BCUT2D eigenvalue weighted by Crippen LogP contribution is -2.43. The lowest BCUT2D eigenvalue weighted by atomic mass is 10.1. The minimum absolute atomic E-state index is 0.0527. The molecule has 0 saturated carbocycles. The van der Waals surface area contributed by atoms with E-state index in [0.29, 0.717) is 18.1 Å². The van der Waals surface area contributed by atoms with E-state index < -0.39 is 0 Å². The number of hydrogen-bond acceptors (Lipinski definition) is 6. The first-order valence-corrected chi connectivity index (χ1v) is 11.5. The van der Waals surface area contributed by atoms with Gasteiger partial charge in [-0.15, -0.1) is 0 Å². The van der Waals surface area contributed by atoms with Gasteiger partial charge in [0, 0.05) is 29.6 Å². The van der Waals surface area contributed by atoms with Gasteiger partial charge in [-0.2, -0.15) is 0 Å². The summed E-state index contributed by atoms with van der Waals surface area (Å²) in [7, 11) is 0. The molecule has 1 saturated heterocycles. The van der Waals surface area contributed by atoms with E-state index in [2.05, 4.69) is 31.5 Å². The number of amides is 1. The number of carbonyl (C=O) groups is 1. The Kier molecular flexibility index (Phi) is 10.4. The molecule has 0 unspecified atom stereocenters. The van der Waals surface area contributed by atoms with Crippen LogP contribution in [-0.4, -0.2) is 69.0 Å². The number of ether oxygens (including phenoxy) is 3. The van der Waals surface area contributed by atoms with E-state index in [1.807, 2.05) is 39.8 Å². The number of morpholine rings is 1. The van der Waals surface area contributed by atoms with E-state index in [4.69, 9.17) is 14.2 Å². The van der Waals surface area contributed by atoms with Crippen molar-refractivity contribution >= 4 is 21.8 Å². The summed E-state index contributed by atoms with van der Waals surface area (Å²) < 4.78 is 17.8. The Balaban J connectivity index is 1.85. The van der Waals surface area contributed by atoms with Crippen LogP contribution in [0.4, 0.5) is 0 Å². The van der Waals surface area contributed by atoms with Crippen LogP contribution in [0, 0.1) is 0 Å². The van der Waals surface area contributed by atoms with E-state index in [1.165, 1.54) is 0 Å². The molecule has 2 rings (SSSR count). The van der Waals surface area contributed by atoms with Gasteiger partial charge in [-0.3, -0.25) is 9.69 Å². The minimum Gasteiger partial charge on any atom is -0.490 e. The zero-order valence-electron chi connectivity index (χ0n) is 18.7. The number of halogens is 1. The Bertz CT molecular complexity index is 673. The summed E-state index contributed by atoms with van der Waals surface area (Å²) >= 11 is 3.62. The second kappa shape index (κ2) is 12.5. The lowest BCUT2D eigenvalue weighted by molar-refractivity contribution is -0.124. The number of carbonyl (C=O) groups excluding carboxylic acids is 1. The Morgan fingerprint density at radius 2 is 1.90 bits per heavy atom. The van der Waals surface area contributed by atoms with Crippen molar-refractivity contribution in [2.75, 3.05) is 52.6 Å². The molecule has 1 aromatic rings. The molecule has 0 aliphatic carbocycles. The highest BCUT2D eigenvalue weighted by Gasteiger charge is 2.16. The molecule has 0 atom stereocenters. The molecule has 8 heteroatoms. The average molecular weight is 486 g/mol. The van der Waals surface area contributed by atoms with Gasteiger partial charge in [-0.1, -0.05) is 15.9 Å².